The van der Waals surface area contributed by atoms with Crippen LogP contribution in [-0.2, 0) is 4.79 Å². The summed E-state index contributed by atoms with van der Waals surface area (Å²) in [5.41, 5.74) is 2.54. The van der Waals surface area contributed by atoms with E-state index in [1.54, 1.807) is 59.8 Å². The minimum absolute atomic E-state index is 0.0820. The SMILES string of the molecule is C=C/C=C\C=C\CNCC(C)N(CC=C)C(=O)c1ccc(/N=C/c2ccc(Cl)cc2)c(/N=C/CCCCC(=O)O)c1. The van der Waals surface area contributed by atoms with Gasteiger partial charge in [0, 0.05) is 55.1 Å². The van der Waals surface area contributed by atoms with Crippen LogP contribution in [0.2, 0.25) is 5.02 Å². The molecule has 8 heteroatoms. The van der Waals surface area contributed by atoms with Gasteiger partial charge in [-0.2, -0.15) is 0 Å². The third-order valence-corrected chi connectivity index (χ3v) is 6.22. The number of unbranched alkanes of at least 4 members (excludes halogenated alkanes) is 2. The molecule has 1 atom stereocenters. The molecule has 2 aromatic carbocycles. The Kier molecular flexibility index (Phi) is 15.4. The van der Waals surface area contributed by atoms with Crippen LogP contribution < -0.4 is 5.32 Å². The van der Waals surface area contributed by atoms with E-state index in [0.29, 0.717) is 60.9 Å². The molecular formula is C33H39ClN4O3. The standard InChI is InChI=1S/C33H39ClN4O3/c1-4-6-7-8-11-20-35-24-26(3)38(22-5-2)33(41)28-16-19-30(37-25-27-14-17-29(34)18-15-27)31(23-28)36-21-12-9-10-13-32(39)40/h4-8,11,14-19,21,23,25-26,35H,1-2,9-10,12-13,20,22,24H2,3H3,(H,39,40)/b7-6-,11-8+,36-21+,37-25+. The molecule has 0 bridgehead atoms. The van der Waals surface area contributed by atoms with Crippen molar-refractivity contribution in [3.63, 3.8) is 0 Å². The van der Waals surface area contributed by atoms with Gasteiger partial charge in [-0.1, -0.05) is 66.8 Å². The van der Waals surface area contributed by atoms with Gasteiger partial charge in [-0.05, 0) is 62.1 Å². The first kappa shape index (κ1) is 33.1. The number of allylic oxidation sites excluding steroid dienone is 4. The van der Waals surface area contributed by atoms with Crippen LogP contribution in [0, 0.1) is 0 Å². The Morgan fingerprint density at radius 2 is 1.83 bits per heavy atom. The number of nitrogens with one attached hydrogen (secondary N) is 1. The predicted molar refractivity (Wildman–Crippen MR) is 171 cm³/mol. The fraction of sp³-hybridized carbons (Fsp3) is 0.273. The third kappa shape index (κ3) is 12.8. The molecule has 0 spiro atoms. The lowest BCUT2D eigenvalue weighted by atomic mass is 10.1. The zero-order valence-electron chi connectivity index (χ0n) is 23.6. The van der Waals surface area contributed by atoms with E-state index < -0.39 is 5.97 Å². The van der Waals surface area contributed by atoms with Crippen molar-refractivity contribution in [3.05, 3.63) is 108 Å². The monoisotopic (exact) mass is 574 g/mol. The van der Waals surface area contributed by atoms with Crippen molar-refractivity contribution < 1.29 is 14.7 Å². The maximum atomic E-state index is 13.6. The first-order valence-corrected chi connectivity index (χ1v) is 14.0. The zero-order valence-corrected chi connectivity index (χ0v) is 24.3. The second kappa shape index (κ2) is 19.1. The first-order chi connectivity index (χ1) is 19.8. The van der Waals surface area contributed by atoms with Gasteiger partial charge < -0.3 is 15.3 Å². The third-order valence-electron chi connectivity index (χ3n) is 5.96. The molecule has 1 unspecified atom stereocenters. The van der Waals surface area contributed by atoms with Gasteiger partial charge in [0.15, 0.2) is 0 Å². The van der Waals surface area contributed by atoms with Crippen molar-refractivity contribution in [3.8, 4) is 0 Å². The molecule has 7 nitrogen and oxygen atoms in total. The molecule has 0 saturated heterocycles. The second-order valence-electron chi connectivity index (χ2n) is 9.27. The summed E-state index contributed by atoms with van der Waals surface area (Å²) >= 11 is 5.99. The highest BCUT2D eigenvalue weighted by atomic mass is 35.5. The normalized spacial score (nSPS) is 12.4. The molecule has 0 fully saturated rings. The van der Waals surface area contributed by atoms with E-state index in [4.69, 9.17) is 16.7 Å². The predicted octanol–water partition coefficient (Wildman–Crippen LogP) is 7.34. The molecule has 2 aromatic rings. The molecular weight excluding hydrogens is 536 g/mol. The Morgan fingerprint density at radius 1 is 1.05 bits per heavy atom. The molecule has 216 valence electrons. The first-order valence-electron chi connectivity index (χ1n) is 13.6. The van der Waals surface area contributed by atoms with Gasteiger partial charge in [-0.3, -0.25) is 19.6 Å². The highest BCUT2D eigenvalue weighted by Gasteiger charge is 2.21. The molecule has 2 N–H and O–H groups in total. The van der Waals surface area contributed by atoms with Crippen molar-refractivity contribution in [2.45, 2.75) is 38.6 Å². The number of amides is 1. The smallest absolute Gasteiger partial charge is 0.303 e. The van der Waals surface area contributed by atoms with E-state index in [1.165, 1.54) is 0 Å². The summed E-state index contributed by atoms with van der Waals surface area (Å²) in [5.74, 6) is -0.938. The van der Waals surface area contributed by atoms with E-state index in [9.17, 15) is 9.59 Å². The number of carboxylic acid groups (broad SMARTS) is 1. The quantitative estimate of drug-likeness (QED) is 0.0842. The van der Waals surface area contributed by atoms with Crippen molar-refractivity contribution >= 4 is 47.3 Å². The molecule has 0 aliphatic carbocycles. The number of aliphatic imine (C=N–C) groups is 2. The molecule has 0 aliphatic rings. The van der Waals surface area contributed by atoms with Gasteiger partial charge in [0.25, 0.3) is 5.91 Å². The Bertz CT molecular complexity index is 1270. The lowest BCUT2D eigenvalue weighted by Gasteiger charge is -2.28. The summed E-state index contributed by atoms with van der Waals surface area (Å²) in [5, 5.41) is 12.8. The number of halogens is 1. The molecule has 0 heterocycles. The van der Waals surface area contributed by atoms with E-state index >= 15 is 0 Å². The van der Waals surface area contributed by atoms with Crippen molar-refractivity contribution in [2.24, 2.45) is 9.98 Å². The van der Waals surface area contributed by atoms with Crippen LogP contribution in [0.3, 0.4) is 0 Å². The van der Waals surface area contributed by atoms with Crippen LogP contribution in [-0.4, -0.2) is 60.0 Å². The largest absolute Gasteiger partial charge is 0.481 e. The summed E-state index contributed by atoms with van der Waals surface area (Å²) in [6, 6.07) is 12.5. The van der Waals surface area contributed by atoms with Gasteiger partial charge in [0.1, 0.15) is 0 Å². The van der Waals surface area contributed by atoms with E-state index in [1.807, 2.05) is 43.4 Å². The molecule has 0 radical (unpaired) electrons. The Hall–Kier alpha value is -4.07. The highest BCUT2D eigenvalue weighted by molar-refractivity contribution is 6.30. The lowest BCUT2D eigenvalue weighted by molar-refractivity contribution is -0.137. The fourth-order valence-electron chi connectivity index (χ4n) is 3.78. The van der Waals surface area contributed by atoms with Crippen molar-refractivity contribution in [1.29, 1.82) is 0 Å². The molecule has 0 aliphatic heterocycles. The number of rotatable bonds is 18. The summed E-state index contributed by atoms with van der Waals surface area (Å²) in [6.45, 7) is 11.2. The van der Waals surface area contributed by atoms with Crippen LogP contribution in [0.5, 0.6) is 0 Å². The van der Waals surface area contributed by atoms with Crippen LogP contribution in [0.4, 0.5) is 11.4 Å². The topological polar surface area (TPSA) is 94.4 Å². The maximum Gasteiger partial charge on any atom is 0.303 e. The van der Waals surface area contributed by atoms with E-state index in [0.717, 1.165) is 5.56 Å². The van der Waals surface area contributed by atoms with Gasteiger partial charge in [-0.15, -0.1) is 6.58 Å². The number of benzene rings is 2. The minimum Gasteiger partial charge on any atom is -0.481 e. The van der Waals surface area contributed by atoms with E-state index in [-0.39, 0.29) is 18.4 Å². The van der Waals surface area contributed by atoms with Crippen LogP contribution >= 0.6 is 11.6 Å². The molecule has 0 saturated carbocycles. The highest BCUT2D eigenvalue weighted by Crippen LogP contribution is 2.30. The Balaban J connectivity index is 2.22. The van der Waals surface area contributed by atoms with Crippen molar-refractivity contribution in [1.82, 2.24) is 10.2 Å². The number of carbonyl (C=O) groups excluding carboxylic acids is 1. The van der Waals surface area contributed by atoms with Crippen molar-refractivity contribution in [2.75, 3.05) is 19.6 Å². The zero-order chi connectivity index (χ0) is 29.9. The average Bonchev–Trinajstić information content (AvgIpc) is 2.96. The van der Waals surface area contributed by atoms with Gasteiger partial charge in [0.05, 0.1) is 11.4 Å². The average molecular weight is 575 g/mol. The number of aliphatic carboxylic acids is 1. The number of carboxylic acids is 1. The number of carbonyl (C=O) groups is 2. The number of nitrogens with zero attached hydrogens (tertiary/aromatic N) is 3. The second-order valence-corrected chi connectivity index (χ2v) is 9.70. The lowest BCUT2D eigenvalue weighted by Crippen LogP contribution is -2.44. The Labute approximate surface area is 248 Å². The fourth-order valence-corrected chi connectivity index (χ4v) is 3.91. The number of hydrogen-bond donors (Lipinski definition) is 2. The van der Waals surface area contributed by atoms with Crippen LogP contribution in [0.1, 0.15) is 48.5 Å². The molecule has 41 heavy (non-hydrogen) atoms. The minimum atomic E-state index is -0.808. The summed E-state index contributed by atoms with van der Waals surface area (Å²) < 4.78 is 0. The molecule has 0 aromatic heterocycles. The summed E-state index contributed by atoms with van der Waals surface area (Å²) in [4.78, 5) is 35.3. The van der Waals surface area contributed by atoms with Gasteiger partial charge >= 0.3 is 5.97 Å². The van der Waals surface area contributed by atoms with E-state index in [2.05, 4.69) is 28.5 Å². The summed E-state index contributed by atoms with van der Waals surface area (Å²) in [7, 11) is 0. The van der Waals surface area contributed by atoms with Crippen LogP contribution in [0.25, 0.3) is 0 Å². The van der Waals surface area contributed by atoms with Crippen LogP contribution in [0.15, 0.2) is 102 Å². The Morgan fingerprint density at radius 3 is 2.54 bits per heavy atom. The maximum absolute atomic E-state index is 13.6. The van der Waals surface area contributed by atoms with Gasteiger partial charge in [-0.25, -0.2) is 0 Å². The molecule has 2 rings (SSSR count). The number of hydrogen-bond acceptors (Lipinski definition) is 5. The molecule has 1 amide bonds. The van der Waals surface area contributed by atoms with Gasteiger partial charge in [0.2, 0.25) is 0 Å². The summed E-state index contributed by atoms with van der Waals surface area (Å²) in [6.07, 6.45) is 16.6.